The number of carbonyl (C=O) groups is 3. The topological polar surface area (TPSA) is 72.5 Å². The standard InChI is InChI=1S/C25H20ClNO4/c1-15(27-24(29)20-8-4-5-9-22(20)26)25(30)31-14-23(28)18-11-10-17-12-16-6-2-3-7-19(16)21(17)13-18/h2-11,13,15H,12,14H2,1H3,(H,27,29)/t15-/m0/s1. The van der Waals surface area contributed by atoms with Gasteiger partial charge in [-0.25, -0.2) is 4.79 Å². The first-order valence-electron chi connectivity index (χ1n) is 9.90. The molecule has 0 unspecified atom stereocenters. The molecule has 0 aromatic heterocycles. The van der Waals surface area contributed by atoms with Crippen LogP contribution in [-0.4, -0.2) is 30.3 Å². The van der Waals surface area contributed by atoms with Gasteiger partial charge in [0.05, 0.1) is 10.6 Å². The predicted octanol–water partition coefficient (Wildman–Crippen LogP) is 4.46. The van der Waals surface area contributed by atoms with Crippen LogP contribution in [0.15, 0.2) is 66.7 Å². The zero-order valence-corrected chi connectivity index (χ0v) is 17.6. The average molecular weight is 434 g/mol. The lowest BCUT2D eigenvalue weighted by Gasteiger charge is -2.14. The molecule has 0 saturated heterocycles. The lowest BCUT2D eigenvalue weighted by atomic mass is 10.0. The van der Waals surface area contributed by atoms with E-state index >= 15 is 0 Å². The fourth-order valence-electron chi connectivity index (χ4n) is 3.62. The van der Waals surface area contributed by atoms with Crippen LogP contribution in [0.25, 0.3) is 11.1 Å². The van der Waals surface area contributed by atoms with Crippen LogP contribution in [-0.2, 0) is 16.0 Å². The van der Waals surface area contributed by atoms with Crippen molar-refractivity contribution in [2.24, 2.45) is 0 Å². The molecule has 0 bridgehead atoms. The molecule has 0 heterocycles. The summed E-state index contributed by atoms with van der Waals surface area (Å²) in [5.74, 6) is -1.48. The lowest BCUT2D eigenvalue weighted by molar-refractivity contribution is -0.144. The van der Waals surface area contributed by atoms with Gasteiger partial charge in [-0.15, -0.1) is 0 Å². The fourth-order valence-corrected chi connectivity index (χ4v) is 3.84. The maximum absolute atomic E-state index is 12.6. The zero-order valence-electron chi connectivity index (χ0n) is 16.9. The number of nitrogens with one attached hydrogen (secondary N) is 1. The number of ketones is 1. The summed E-state index contributed by atoms with van der Waals surface area (Å²) in [5, 5.41) is 2.82. The highest BCUT2D eigenvalue weighted by Crippen LogP contribution is 2.36. The first-order valence-corrected chi connectivity index (χ1v) is 10.3. The van der Waals surface area contributed by atoms with Gasteiger partial charge in [0.25, 0.3) is 5.91 Å². The largest absolute Gasteiger partial charge is 0.456 e. The Morgan fingerprint density at radius 3 is 2.48 bits per heavy atom. The Kier molecular flexibility index (Phi) is 5.87. The van der Waals surface area contributed by atoms with Gasteiger partial charge < -0.3 is 10.1 Å². The minimum absolute atomic E-state index is 0.262. The molecule has 3 aromatic carbocycles. The Bertz CT molecular complexity index is 1190. The highest BCUT2D eigenvalue weighted by Gasteiger charge is 2.22. The molecule has 156 valence electrons. The number of rotatable bonds is 6. The van der Waals surface area contributed by atoms with Crippen molar-refractivity contribution in [3.63, 3.8) is 0 Å². The van der Waals surface area contributed by atoms with E-state index in [2.05, 4.69) is 11.4 Å². The van der Waals surface area contributed by atoms with Crippen LogP contribution in [0.1, 0.15) is 38.8 Å². The summed E-state index contributed by atoms with van der Waals surface area (Å²) in [6.45, 7) is 1.10. The van der Waals surface area contributed by atoms with Gasteiger partial charge in [0.15, 0.2) is 12.4 Å². The Morgan fingerprint density at radius 2 is 1.68 bits per heavy atom. The number of carbonyl (C=O) groups excluding carboxylic acids is 3. The second-order valence-corrected chi connectivity index (χ2v) is 7.82. The van der Waals surface area contributed by atoms with Crippen molar-refractivity contribution in [3.8, 4) is 11.1 Å². The van der Waals surface area contributed by atoms with E-state index < -0.39 is 24.5 Å². The van der Waals surface area contributed by atoms with Crippen LogP contribution < -0.4 is 5.32 Å². The number of hydrogen-bond acceptors (Lipinski definition) is 4. The van der Waals surface area contributed by atoms with Crippen LogP contribution in [0.2, 0.25) is 5.02 Å². The number of ether oxygens (including phenoxy) is 1. The molecular formula is C25H20ClNO4. The second-order valence-electron chi connectivity index (χ2n) is 7.41. The van der Waals surface area contributed by atoms with Crippen molar-refractivity contribution in [2.75, 3.05) is 6.61 Å². The normalized spacial score (nSPS) is 12.5. The number of Topliss-reactive ketones (excluding diaryl/α,β-unsaturated/α-hetero) is 1. The van der Waals surface area contributed by atoms with E-state index in [1.165, 1.54) is 18.1 Å². The number of hydrogen-bond donors (Lipinski definition) is 1. The van der Waals surface area contributed by atoms with Crippen molar-refractivity contribution in [1.82, 2.24) is 5.32 Å². The van der Waals surface area contributed by atoms with E-state index in [0.29, 0.717) is 5.56 Å². The van der Waals surface area contributed by atoms with Crippen molar-refractivity contribution in [3.05, 3.63) is 94.0 Å². The van der Waals surface area contributed by atoms with E-state index in [1.807, 2.05) is 30.3 Å². The third-order valence-corrected chi connectivity index (χ3v) is 5.62. The minimum Gasteiger partial charge on any atom is -0.456 e. The highest BCUT2D eigenvalue weighted by atomic mass is 35.5. The van der Waals surface area contributed by atoms with Gasteiger partial charge >= 0.3 is 5.97 Å². The summed E-state index contributed by atoms with van der Waals surface area (Å²) in [4.78, 5) is 37.1. The Morgan fingerprint density at radius 1 is 0.968 bits per heavy atom. The molecule has 0 fully saturated rings. The summed E-state index contributed by atoms with van der Waals surface area (Å²) in [5.41, 5.74) is 5.31. The molecule has 1 amide bonds. The van der Waals surface area contributed by atoms with Crippen molar-refractivity contribution >= 4 is 29.3 Å². The van der Waals surface area contributed by atoms with Crippen molar-refractivity contribution in [1.29, 1.82) is 0 Å². The van der Waals surface area contributed by atoms with Gasteiger partial charge in [0.1, 0.15) is 6.04 Å². The maximum Gasteiger partial charge on any atom is 0.328 e. The second kappa shape index (κ2) is 8.74. The minimum atomic E-state index is -0.927. The molecule has 5 nitrogen and oxygen atoms in total. The highest BCUT2D eigenvalue weighted by molar-refractivity contribution is 6.33. The van der Waals surface area contributed by atoms with E-state index in [4.69, 9.17) is 16.3 Å². The quantitative estimate of drug-likeness (QED) is 0.360. The number of esters is 1. The monoisotopic (exact) mass is 433 g/mol. The Balaban J connectivity index is 1.36. The van der Waals surface area contributed by atoms with Gasteiger partial charge in [0.2, 0.25) is 0 Å². The summed E-state index contributed by atoms with van der Waals surface area (Å²) in [7, 11) is 0. The molecule has 1 atom stereocenters. The molecule has 31 heavy (non-hydrogen) atoms. The van der Waals surface area contributed by atoms with Gasteiger partial charge in [-0.1, -0.05) is 60.1 Å². The van der Waals surface area contributed by atoms with Crippen LogP contribution in [0.3, 0.4) is 0 Å². The molecule has 1 aliphatic rings. The van der Waals surface area contributed by atoms with Gasteiger partial charge in [-0.3, -0.25) is 9.59 Å². The third-order valence-electron chi connectivity index (χ3n) is 5.29. The van der Waals surface area contributed by atoms with Crippen LogP contribution in [0.5, 0.6) is 0 Å². The van der Waals surface area contributed by atoms with E-state index in [0.717, 1.165) is 17.5 Å². The summed E-state index contributed by atoms with van der Waals surface area (Å²) >= 11 is 6.00. The smallest absolute Gasteiger partial charge is 0.328 e. The number of amides is 1. The van der Waals surface area contributed by atoms with Crippen LogP contribution in [0.4, 0.5) is 0 Å². The van der Waals surface area contributed by atoms with Gasteiger partial charge in [0, 0.05) is 5.56 Å². The van der Waals surface area contributed by atoms with Crippen LogP contribution >= 0.6 is 11.6 Å². The van der Waals surface area contributed by atoms with E-state index in [1.54, 1.807) is 30.3 Å². The van der Waals surface area contributed by atoms with E-state index in [-0.39, 0.29) is 16.4 Å². The summed E-state index contributed by atoms with van der Waals surface area (Å²) in [6.07, 6.45) is 0.845. The molecule has 4 rings (SSSR count). The van der Waals surface area contributed by atoms with Gasteiger partial charge in [-0.05, 0) is 53.8 Å². The molecule has 0 saturated carbocycles. The molecule has 1 aliphatic carbocycles. The fraction of sp³-hybridized carbons (Fsp3) is 0.160. The number of fused-ring (bicyclic) bond motifs is 3. The molecule has 0 spiro atoms. The number of halogens is 1. The maximum atomic E-state index is 12.6. The first kappa shape index (κ1) is 20.8. The zero-order chi connectivity index (χ0) is 22.0. The Hall–Kier alpha value is -3.44. The van der Waals surface area contributed by atoms with Crippen molar-refractivity contribution in [2.45, 2.75) is 19.4 Å². The molecule has 6 heteroatoms. The molecule has 0 aliphatic heterocycles. The van der Waals surface area contributed by atoms with Crippen molar-refractivity contribution < 1.29 is 19.1 Å². The molecule has 0 radical (unpaired) electrons. The SMILES string of the molecule is C[C@H](NC(=O)c1ccccc1Cl)C(=O)OCC(=O)c1ccc2c(c1)-c1ccccc1C2. The predicted molar refractivity (Wildman–Crippen MR) is 118 cm³/mol. The molecule has 1 N–H and O–H groups in total. The van der Waals surface area contributed by atoms with Crippen LogP contribution in [0, 0.1) is 0 Å². The molecule has 3 aromatic rings. The lowest BCUT2D eigenvalue weighted by Crippen LogP contribution is -2.40. The van der Waals surface area contributed by atoms with Gasteiger partial charge in [-0.2, -0.15) is 0 Å². The summed E-state index contributed by atoms with van der Waals surface area (Å²) in [6, 6.07) is 19.2. The van der Waals surface area contributed by atoms with E-state index in [9.17, 15) is 14.4 Å². The summed E-state index contributed by atoms with van der Waals surface area (Å²) < 4.78 is 5.14. The molecular weight excluding hydrogens is 414 g/mol. The Labute approximate surface area is 185 Å². The average Bonchev–Trinajstić information content (AvgIpc) is 3.15. The number of benzene rings is 3. The third kappa shape index (κ3) is 4.37. The first-order chi connectivity index (χ1) is 14.9.